The van der Waals surface area contributed by atoms with Crippen molar-refractivity contribution in [1.82, 2.24) is 15.5 Å². The molecule has 0 spiro atoms. The Balaban J connectivity index is 1.77. The van der Waals surface area contributed by atoms with E-state index in [9.17, 15) is 9.18 Å². The van der Waals surface area contributed by atoms with Gasteiger partial charge < -0.3 is 14.3 Å². The first-order valence-corrected chi connectivity index (χ1v) is 6.98. The Hall–Kier alpha value is -2.96. The number of furan rings is 1. The molecule has 0 aliphatic carbocycles. The van der Waals surface area contributed by atoms with E-state index in [4.69, 9.17) is 8.94 Å². The molecule has 1 N–H and O–H groups in total. The van der Waals surface area contributed by atoms with E-state index in [1.807, 2.05) is 0 Å². The van der Waals surface area contributed by atoms with Crippen LogP contribution in [0.5, 0.6) is 0 Å². The number of benzene rings is 1. The summed E-state index contributed by atoms with van der Waals surface area (Å²) in [5.74, 6) is -0.418. The summed E-state index contributed by atoms with van der Waals surface area (Å²) in [6, 6.07) is 5.78. The molecule has 0 radical (unpaired) electrons. The second kappa shape index (κ2) is 6.04. The smallest absolute Gasteiger partial charge is 0.255 e. The van der Waals surface area contributed by atoms with Gasteiger partial charge in [0.05, 0.1) is 17.4 Å². The highest BCUT2D eigenvalue weighted by Crippen LogP contribution is 2.22. The third-order valence-corrected chi connectivity index (χ3v) is 3.31. The molecule has 0 saturated carbocycles. The van der Waals surface area contributed by atoms with Crippen LogP contribution in [0, 0.1) is 12.7 Å². The highest BCUT2D eigenvalue weighted by molar-refractivity contribution is 5.93. The minimum atomic E-state index is -0.521. The van der Waals surface area contributed by atoms with Gasteiger partial charge in [-0.05, 0) is 37.6 Å². The SMILES string of the molecule is Cc1ccc(-c2noc([C@H](C)NC(=O)c3ccoc3)n2)c(F)c1. The Labute approximate surface area is 131 Å². The number of nitrogens with zero attached hydrogens (tertiary/aromatic N) is 2. The summed E-state index contributed by atoms with van der Waals surface area (Å²) < 4.78 is 23.9. The molecule has 0 fully saturated rings. The van der Waals surface area contributed by atoms with Gasteiger partial charge in [-0.25, -0.2) is 4.39 Å². The first-order chi connectivity index (χ1) is 11.0. The fraction of sp³-hybridized carbons (Fsp3) is 0.188. The molecule has 7 heteroatoms. The van der Waals surface area contributed by atoms with Crippen LogP contribution in [-0.4, -0.2) is 16.0 Å². The van der Waals surface area contributed by atoms with Gasteiger partial charge in [0, 0.05) is 0 Å². The Kier molecular flexibility index (Phi) is 3.92. The number of hydrogen-bond acceptors (Lipinski definition) is 5. The first kappa shape index (κ1) is 15.0. The van der Waals surface area contributed by atoms with E-state index in [0.717, 1.165) is 5.56 Å². The molecule has 0 saturated heterocycles. The van der Waals surface area contributed by atoms with Gasteiger partial charge in [0.25, 0.3) is 5.91 Å². The van der Waals surface area contributed by atoms with Gasteiger partial charge in [0.2, 0.25) is 11.7 Å². The van der Waals surface area contributed by atoms with Crippen molar-refractivity contribution in [2.45, 2.75) is 19.9 Å². The van der Waals surface area contributed by atoms with Crippen LogP contribution in [0.15, 0.2) is 45.7 Å². The van der Waals surface area contributed by atoms with Crippen LogP contribution in [0.2, 0.25) is 0 Å². The fourth-order valence-corrected chi connectivity index (χ4v) is 2.06. The molecule has 0 bridgehead atoms. The van der Waals surface area contributed by atoms with Gasteiger partial charge in [-0.1, -0.05) is 11.2 Å². The normalized spacial score (nSPS) is 12.1. The predicted octanol–water partition coefficient (Wildman–Crippen LogP) is 3.27. The van der Waals surface area contributed by atoms with Crippen molar-refractivity contribution in [3.8, 4) is 11.4 Å². The maximum Gasteiger partial charge on any atom is 0.255 e. The largest absolute Gasteiger partial charge is 0.472 e. The minimum absolute atomic E-state index is 0.141. The number of nitrogens with one attached hydrogen (secondary N) is 1. The highest BCUT2D eigenvalue weighted by Gasteiger charge is 2.19. The number of aryl methyl sites for hydroxylation is 1. The maximum atomic E-state index is 13.9. The Bertz CT molecular complexity index is 827. The number of carbonyl (C=O) groups is 1. The Morgan fingerprint density at radius 3 is 2.87 bits per heavy atom. The number of carbonyl (C=O) groups excluding carboxylic acids is 1. The second-order valence-corrected chi connectivity index (χ2v) is 5.15. The van der Waals surface area contributed by atoms with Crippen LogP contribution >= 0.6 is 0 Å². The first-order valence-electron chi connectivity index (χ1n) is 6.98. The van der Waals surface area contributed by atoms with Crippen molar-refractivity contribution in [3.63, 3.8) is 0 Å². The average molecular weight is 315 g/mol. The summed E-state index contributed by atoms with van der Waals surface area (Å²) in [4.78, 5) is 16.1. The molecular weight excluding hydrogens is 301 g/mol. The van der Waals surface area contributed by atoms with Crippen molar-refractivity contribution in [2.24, 2.45) is 0 Å². The van der Waals surface area contributed by atoms with Crippen LogP contribution in [0.4, 0.5) is 4.39 Å². The third-order valence-electron chi connectivity index (χ3n) is 3.31. The molecule has 6 nitrogen and oxygen atoms in total. The molecule has 0 aliphatic heterocycles. The molecule has 3 aromatic rings. The van der Waals surface area contributed by atoms with Gasteiger partial charge in [-0.15, -0.1) is 0 Å². The van der Waals surface area contributed by atoms with Gasteiger partial charge >= 0.3 is 0 Å². The summed E-state index contributed by atoms with van der Waals surface area (Å²) in [6.45, 7) is 3.49. The molecule has 1 atom stereocenters. The number of halogens is 1. The molecule has 1 aromatic carbocycles. The predicted molar refractivity (Wildman–Crippen MR) is 79.0 cm³/mol. The number of hydrogen-bond donors (Lipinski definition) is 1. The van der Waals surface area contributed by atoms with Crippen LogP contribution in [0.1, 0.15) is 34.8 Å². The van der Waals surface area contributed by atoms with Crippen molar-refractivity contribution in [2.75, 3.05) is 0 Å². The van der Waals surface area contributed by atoms with Crippen LogP contribution in [0.25, 0.3) is 11.4 Å². The van der Waals surface area contributed by atoms with E-state index in [-0.39, 0.29) is 23.2 Å². The monoisotopic (exact) mass is 315 g/mol. The summed E-state index contributed by atoms with van der Waals surface area (Å²) in [6.07, 6.45) is 2.74. The minimum Gasteiger partial charge on any atom is -0.472 e. The van der Waals surface area contributed by atoms with E-state index in [2.05, 4.69) is 15.5 Å². The summed E-state index contributed by atoms with van der Waals surface area (Å²) in [7, 11) is 0. The lowest BCUT2D eigenvalue weighted by Crippen LogP contribution is -2.26. The van der Waals surface area contributed by atoms with Crippen molar-refractivity contribution in [3.05, 3.63) is 59.6 Å². The quantitative estimate of drug-likeness (QED) is 0.799. The van der Waals surface area contributed by atoms with Gasteiger partial charge in [-0.2, -0.15) is 4.98 Å². The van der Waals surface area contributed by atoms with Gasteiger partial charge in [-0.3, -0.25) is 4.79 Å². The topological polar surface area (TPSA) is 81.2 Å². The van der Waals surface area contributed by atoms with E-state index in [1.54, 1.807) is 32.0 Å². The van der Waals surface area contributed by atoms with E-state index in [0.29, 0.717) is 5.56 Å². The van der Waals surface area contributed by atoms with Gasteiger partial charge in [0.1, 0.15) is 18.1 Å². The summed E-state index contributed by atoms with van der Waals surface area (Å²) in [5, 5.41) is 6.47. The molecule has 118 valence electrons. The molecule has 0 aliphatic rings. The maximum absolute atomic E-state index is 13.9. The molecule has 1 amide bonds. The van der Waals surface area contributed by atoms with E-state index < -0.39 is 11.9 Å². The van der Waals surface area contributed by atoms with Gasteiger partial charge in [0.15, 0.2) is 0 Å². The van der Waals surface area contributed by atoms with Crippen molar-refractivity contribution < 1.29 is 18.1 Å². The van der Waals surface area contributed by atoms with E-state index in [1.165, 1.54) is 18.6 Å². The Morgan fingerprint density at radius 1 is 1.35 bits per heavy atom. The van der Waals surface area contributed by atoms with Crippen LogP contribution < -0.4 is 5.32 Å². The highest BCUT2D eigenvalue weighted by atomic mass is 19.1. The van der Waals surface area contributed by atoms with Crippen LogP contribution in [-0.2, 0) is 0 Å². The number of amides is 1. The average Bonchev–Trinajstić information content (AvgIpc) is 3.19. The zero-order valence-electron chi connectivity index (χ0n) is 12.5. The standard InChI is InChI=1S/C16H14FN3O3/c1-9-3-4-12(13(17)7-9)14-19-16(23-20-14)10(2)18-15(21)11-5-6-22-8-11/h3-8,10H,1-2H3,(H,18,21)/t10-/m0/s1. The Morgan fingerprint density at radius 2 is 2.17 bits per heavy atom. The molecular formula is C16H14FN3O3. The van der Waals surface area contributed by atoms with E-state index >= 15 is 0 Å². The van der Waals surface area contributed by atoms with Crippen molar-refractivity contribution >= 4 is 5.91 Å². The number of rotatable bonds is 4. The van der Waals surface area contributed by atoms with Crippen LogP contribution in [0.3, 0.4) is 0 Å². The summed E-state index contributed by atoms with van der Waals surface area (Å²) in [5.41, 5.74) is 1.44. The second-order valence-electron chi connectivity index (χ2n) is 5.15. The molecule has 23 heavy (non-hydrogen) atoms. The third kappa shape index (κ3) is 3.13. The lowest BCUT2D eigenvalue weighted by Gasteiger charge is -2.07. The lowest BCUT2D eigenvalue weighted by molar-refractivity contribution is 0.0932. The molecule has 2 heterocycles. The molecule has 0 unspecified atom stereocenters. The zero-order chi connectivity index (χ0) is 16.4. The lowest BCUT2D eigenvalue weighted by atomic mass is 10.1. The fourth-order valence-electron chi connectivity index (χ4n) is 2.06. The molecule has 3 rings (SSSR count). The zero-order valence-corrected chi connectivity index (χ0v) is 12.5. The summed E-state index contributed by atoms with van der Waals surface area (Å²) >= 11 is 0. The van der Waals surface area contributed by atoms with Crippen molar-refractivity contribution in [1.29, 1.82) is 0 Å². The molecule has 2 aromatic heterocycles. The number of aromatic nitrogens is 2.